The molecule has 0 aromatic carbocycles. The van der Waals surface area contributed by atoms with Crippen LogP contribution in [-0.2, 0) is 14.8 Å². The molecule has 2 aromatic heterocycles. The number of amides is 1. The number of rotatable bonds is 8. The molecule has 2 heterocycles. The number of aryl methyl sites for hydroxylation is 1. The minimum absolute atomic E-state index is 0.0529. The van der Waals surface area contributed by atoms with Crippen molar-refractivity contribution in [1.29, 1.82) is 0 Å². The molecule has 0 bridgehead atoms. The Morgan fingerprint density at radius 2 is 1.94 bits per heavy atom. The van der Waals surface area contributed by atoms with Crippen molar-refractivity contribution in [3.8, 4) is 0 Å². The molecule has 0 aliphatic heterocycles. The first-order valence-corrected chi connectivity index (χ1v) is 12.2. The molecule has 13 heteroatoms. The van der Waals surface area contributed by atoms with Gasteiger partial charge in [0.05, 0.1) is 10.6 Å². The van der Waals surface area contributed by atoms with Crippen LogP contribution in [0.2, 0.25) is 5.02 Å². The van der Waals surface area contributed by atoms with Crippen molar-refractivity contribution in [2.45, 2.75) is 50.5 Å². The molecule has 3 rings (SSSR count). The third kappa shape index (κ3) is 6.59. The van der Waals surface area contributed by atoms with Crippen molar-refractivity contribution in [2.24, 2.45) is 5.10 Å². The Balaban J connectivity index is 1.77. The van der Waals surface area contributed by atoms with Gasteiger partial charge < -0.3 is 10.1 Å². The van der Waals surface area contributed by atoms with Crippen molar-refractivity contribution in [1.82, 2.24) is 30.4 Å². The fraction of sp³-hybridized carbons (Fsp3) is 0.450. The fourth-order valence-corrected chi connectivity index (χ4v) is 4.26. The zero-order valence-corrected chi connectivity index (χ0v) is 20.0. The van der Waals surface area contributed by atoms with E-state index in [1.165, 1.54) is 32.6 Å². The van der Waals surface area contributed by atoms with Gasteiger partial charge in [-0.1, -0.05) is 11.6 Å². The summed E-state index contributed by atoms with van der Waals surface area (Å²) in [7, 11) is -2.66. The minimum Gasteiger partial charge on any atom is -0.372 e. The summed E-state index contributed by atoms with van der Waals surface area (Å²) in [6.07, 6.45) is 7.55. The van der Waals surface area contributed by atoms with E-state index in [1.807, 2.05) is 6.92 Å². The zero-order chi connectivity index (χ0) is 24.0. The molecule has 3 N–H and O–H groups in total. The fourth-order valence-electron chi connectivity index (χ4n) is 3.05. The highest BCUT2D eigenvalue weighted by atomic mass is 35.5. The molecule has 1 saturated carbocycles. The van der Waals surface area contributed by atoms with Crippen molar-refractivity contribution < 1.29 is 17.9 Å². The normalized spacial score (nSPS) is 16.4. The maximum absolute atomic E-state index is 13.1. The molecule has 0 radical (unpaired) electrons. The Labute approximate surface area is 197 Å². The van der Waals surface area contributed by atoms with Crippen LogP contribution in [0.4, 0.5) is 0 Å². The number of aromatic nitrogens is 3. The molecule has 178 valence electrons. The Morgan fingerprint density at radius 3 is 2.52 bits per heavy atom. The topological polar surface area (TPSA) is 148 Å². The Hall–Kier alpha value is -2.83. The van der Waals surface area contributed by atoms with Crippen LogP contribution < -0.4 is 15.5 Å². The number of hydrazone groups is 1. The first-order chi connectivity index (χ1) is 15.7. The number of guanidine groups is 1. The van der Waals surface area contributed by atoms with Crippen LogP contribution in [0.3, 0.4) is 0 Å². The summed E-state index contributed by atoms with van der Waals surface area (Å²) >= 11 is 5.82. The predicted octanol–water partition coefficient (Wildman–Crippen LogP) is 1.67. The third-order valence-electron chi connectivity index (χ3n) is 5.16. The molecular weight excluding hydrogens is 470 g/mol. The second-order valence-corrected chi connectivity index (χ2v) is 10.2. The molecule has 1 amide bonds. The summed E-state index contributed by atoms with van der Waals surface area (Å²) in [5, 5.41) is 6.24. The zero-order valence-electron chi connectivity index (χ0n) is 18.4. The van der Waals surface area contributed by atoms with Gasteiger partial charge in [-0.05, 0) is 44.7 Å². The second-order valence-electron chi connectivity index (χ2n) is 7.69. The van der Waals surface area contributed by atoms with E-state index < -0.39 is 27.3 Å². The summed E-state index contributed by atoms with van der Waals surface area (Å²) in [5.41, 5.74) is 3.48. The number of pyridine rings is 1. The highest BCUT2D eigenvalue weighted by molar-refractivity contribution is 7.90. The molecule has 11 nitrogen and oxygen atoms in total. The number of ether oxygens (including phenoxy) is 1. The van der Waals surface area contributed by atoms with Gasteiger partial charge in [0.15, 0.2) is 5.82 Å². The smallest absolute Gasteiger partial charge is 0.273 e. The highest BCUT2D eigenvalue weighted by Crippen LogP contribution is 2.23. The van der Waals surface area contributed by atoms with Gasteiger partial charge >= 0.3 is 0 Å². The quantitative estimate of drug-likeness (QED) is 0.284. The average Bonchev–Trinajstić information content (AvgIpc) is 2.75. The van der Waals surface area contributed by atoms with E-state index in [2.05, 4.69) is 35.5 Å². The van der Waals surface area contributed by atoms with Gasteiger partial charge in [-0.15, -0.1) is 5.10 Å². The van der Waals surface area contributed by atoms with E-state index in [9.17, 15) is 13.2 Å². The molecule has 0 unspecified atom stereocenters. The van der Waals surface area contributed by atoms with Crippen LogP contribution in [0.1, 0.15) is 54.0 Å². The van der Waals surface area contributed by atoms with E-state index in [-0.39, 0.29) is 17.8 Å². The lowest BCUT2D eigenvalue weighted by molar-refractivity contribution is 0.0945. The number of nitrogens with zero attached hydrogens (tertiary/aromatic N) is 4. The summed E-state index contributed by atoms with van der Waals surface area (Å²) in [6.45, 7) is 3.27. The average molecular weight is 496 g/mol. The summed E-state index contributed by atoms with van der Waals surface area (Å²) in [4.78, 5) is 24.5. The number of sulfonamides is 1. The standard InChI is InChI=1S/C20H26ClN7O4S/c1-12-7-14(9-22-8-12)19(29)26-27-20(25-16-5-4-6-16)28-33(30,31)13(2)17(32-3)18-23-10-15(21)11-24-18/h7-11,13,16-17H,4-6H2,1-3H3,(H,26,29)(H2,25,27,28)/t13-,17-/m0/s1. The maximum Gasteiger partial charge on any atom is 0.273 e. The molecule has 33 heavy (non-hydrogen) atoms. The van der Waals surface area contributed by atoms with E-state index in [4.69, 9.17) is 16.3 Å². The number of hydrogen-bond donors (Lipinski definition) is 3. The molecule has 1 fully saturated rings. The predicted molar refractivity (Wildman–Crippen MR) is 123 cm³/mol. The first kappa shape index (κ1) is 24.8. The Kier molecular flexibility index (Phi) is 8.16. The Bertz CT molecular complexity index is 1110. The SMILES string of the molecule is CO[C@H](c1ncc(Cl)cn1)[C@H](C)S(=O)(=O)N/C(=N/NC(=O)c1cncc(C)c1)NC1CCC1. The first-order valence-electron chi connectivity index (χ1n) is 10.3. The van der Waals surface area contributed by atoms with E-state index in [0.717, 1.165) is 24.8 Å². The van der Waals surface area contributed by atoms with Crippen molar-refractivity contribution in [3.63, 3.8) is 0 Å². The monoisotopic (exact) mass is 495 g/mol. The van der Waals surface area contributed by atoms with Crippen molar-refractivity contribution in [2.75, 3.05) is 7.11 Å². The number of nitrogens with one attached hydrogen (secondary N) is 3. The van der Waals surface area contributed by atoms with E-state index in [0.29, 0.717) is 10.6 Å². The molecule has 2 aromatic rings. The van der Waals surface area contributed by atoms with E-state index >= 15 is 0 Å². The van der Waals surface area contributed by atoms with E-state index in [1.54, 1.807) is 12.3 Å². The number of hydrogen-bond acceptors (Lipinski definition) is 8. The van der Waals surface area contributed by atoms with Crippen LogP contribution in [0, 0.1) is 6.92 Å². The lowest BCUT2D eigenvalue weighted by atomic mass is 9.93. The van der Waals surface area contributed by atoms with Crippen LogP contribution in [0.25, 0.3) is 0 Å². The van der Waals surface area contributed by atoms with Gasteiger partial charge in [-0.25, -0.2) is 23.8 Å². The number of carbonyl (C=O) groups is 1. The molecule has 0 spiro atoms. The van der Waals surface area contributed by atoms with Crippen LogP contribution in [-0.4, -0.2) is 53.6 Å². The largest absolute Gasteiger partial charge is 0.372 e. The molecule has 1 aliphatic carbocycles. The van der Waals surface area contributed by atoms with Crippen LogP contribution in [0.15, 0.2) is 36.0 Å². The van der Waals surface area contributed by atoms with Crippen LogP contribution >= 0.6 is 11.6 Å². The lowest BCUT2D eigenvalue weighted by Crippen LogP contribution is -2.51. The number of methoxy groups -OCH3 is 1. The van der Waals surface area contributed by atoms with Crippen LogP contribution in [0.5, 0.6) is 0 Å². The van der Waals surface area contributed by atoms with Crippen molar-refractivity contribution >= 4 is 33.5 Å². The van der Waals surface area contributed by atoms with Crippen molar-refractivity contribution in [3.05, 3.63) is 52.8 Å². The highest BCUT2D eigenvalue weighted by Gasteiger charge is 2.34. The van der Waals surface area contributed by atoms with Gasteiger partial charge in [-0.2, -0.15) is 0 Å². The minimum atomic E-state index is -4.02. The Morgan fingerprint density at radius 1 is 1.24 bits per heavy atom. The van der Waals surface area contributed by atoms with Gasteiger partial charge in [-0.3, -0.25) is 14.5 Å². The molecule has 0 saturated heterocycles. The maximum atomic E-state index is 13.1. The van der Waals surface area contributed by atoms with Gasteiger partial charge in [0.1, 0.15) is 11.4 Å². The molecular formula is C20H26ClN7O4S. The number of halogens is 1. The molecule has 1 aliphatic rings. The third-order valence-corrected chi connectivity index (χ3v) is 7.06. The number of carbonyl (C=O) groups excluding carboxylic acids is 1. The van der Waals surface area contributed by atoms with Gasteiger partial charge in [0.2, 0.25) is 16.0 Å². The second kappa shape index (κ2) is 10.9. The molecule has 2 atom stereocenters. The summed E-state index contributed by atoms with van der Waals surface area (Å²) in [5.74, 6) is -0.437. The summed E-state index contributed by atoms with van der Waals surface area (Å²) in [6, 6.07) is 1.70. The van der Waals surface area contributed by atoms with Gasteiger partial charge in [0, 0.05) is 37.9 Å². The lowest BCUT2D eigenvalue weighted by Gasteiger charge is -2.29. The van der Waals surface area contributed by atoms with Gasteiger partial charge in [0.25, 0.3) is 5.91 Å². The summed E-state index contributed by atoms with van der Waals surface area (Å²) < 4.78 is 34.0.